The van der Waals surface area contributed by atoms with Crippen molar-refractivity contribution in [1.82, 2.24) is 0 Å². The van der Waals surface area contributed by atoms with Crippen molar-refractivity contribution in [3.05, 3.63) is 0 Å². The van der Waals surface area contributed by atoms with Crippen LogP contribution in [0.3, 0.4) is 0 Å². The molecule has 0 bridgehead atoms. The van der Waals surface area contributed by atoms with E-state index in [1.807, 2.05) is 0 Å². The molecule has 0 fully saturated rings. The summed E-state index contributed by atoms with van der Waals surface area (Å²) in [5.41, 5.74) is 0. The van der Waals surface area contributed by atoms with E-state index in [2.05, 4.69) is 0 Å². The molecule has 0 amide bonds. The second-order valence-electron chi connectivity index (χ2n) is 0. The summed E-state index contributed by atoms with van der Waals surface area (Å²) in [7, 11) is 0. The van der Waals surface area contributed by atoms with E-state index in [9.17, 15) is 0 Å². The molecule has 1 unspecified atom stereocenters. The molecular formula is H3BCoNiP. The summed E-state index contributed by atoms with van der Waals surface area (Å²) >= 11 is 0. The molecule has 0 saturated carbocycles. The monoisotopic (exact) mass is 162 g/mol. The van der Waals surface area contributed by atoms with Gasteiger partial charge in [-0.1, -0.05) is 0 Å². The summed E-state index contributed by atoms with van der Waals surface area (Å²) in [6, 6.07) is 0. The predicted octanol–water partition coefficient (Wildman–Crippen LogP) is -0.328. The van der Waals surface area contributed by atoms with Gasteiger partial charge in [0, 0.05) is 41.7 Å². The van der Waals surface area contributed by atoms with E-state index >= 15 is 0 Å². The molecule has 0 N–H and O–H groups in total. The molecule has 0 aromatic heterocycles. The zero-order valence-electron chi connectivity index (χ0n) is 1.93. The molecule has 0 aromatic carbocycles. The molecule has 0 heterocycles. The van der Waals surface area contributed by atoms with Crippen molar-refractivity contribution in [2.24, 2.45) is 0 Å². The third kappa shape index (κ3) is 9.73. The second kappa shape index (κ2) is 24.6. The molecule has 0 saturated heterocycles. The molecular weight excluding hydrogens is 159 g/mol. The molecule has 0 spiro atoms. The van der Waals surface area contributed by atoms with Crippen LogP contribution in [0.1, 0.15) is 0 Å². The SMILES string of the molecule is P.[B].[Co].[Ni]. The Morgan fingerprint density at radius 2 is 1.00 bits per heavy atom. The first kappa shape index (κ1) is 49.7. The van der Waals surface area contributed by atoms with Crippen molar-refractivity contribution in [3.8, 4) is 0 Å². The molecule has 0 aliphatic rings. The van der Waals surface area contributed by atoms with Gasteiger partial charge in [-0.15, -0.1) is 0 Å². The fourth-order valence-electron chi connectivity index (χ4n) is 0. The summed E-state index contributed by atoms with van der Waals surface area (Å²) in [5.74, 6) is 0. The van der Waals surface area contributed by atoms with Crippen molar-refractivity contribution in [2.45, 2.75) is 0 Å². The van der Waals surface area contributed by atoms with Crippen molar-refractivity contribution in [2.75, 3.05) is 0 Å². The van der Waals surface area contributed by atoms with Crippen LogP contribution in [0, 0.1) is 0 Å². The molecule has 0 nitrogen and oxygen atoms in total. The van der Waals surface area contributed by atoms with Crippen molar-refractivity contribution >= 4 is 18.3 Å². The molecule has 4 radical (unpaired) electrons. The molecule has 4 heteroatoms. The van der Waals surface area contributed by atoms with Crippen LogP contribution in [0.15, 0.2) is 0 Å². The standard InChI is InChI=1S/B.Co.Ni.H3P/h;;;1H3. The van der Waals surface area contributed by atoms with Gasteiger partial charge in [-0.05, 0) is 0 Å². The zero-order valence-corrected chi connectivity index (χ0v) is 5.38. The van der Waals surface area contributed by atoms with Crippen molar-refractivity contribution in [3.63, 3.8) is 0 Å². The first-order valence-corrected chi connectivity index (χ1v) is 0. The Bertz CT molecular complexity index is 8.00. The Labute approximate surface area is 51.8 Å². The summed E-state index contributed by atoms with van der Waals surface area (Å²) in [6.07, 6.45) is 0. The minimum absolute atomic E-state index is 0. The fraction of sp³-hybridized carbons (Fsp3) is 0. The maximum absolute atomic E-state index is 0. The van der Waals surface area contributed by atoms with Gasteiger partial charge in [0.2, 0.25) is 0 Å². The molecule has 1 atom stereocenters. The third-order valence-electron chi connectivity index (χ3n) is 0. The van der Waals surface area contributed by atoms with Gasteiger partial charge >= 0.3 is 0 Å². The first-order valence-electron chi connectivity index (χ1n) is 0. The summed E-state index contributed by atoms with van der Waals surface area (Å²) in [5, 5.41) is 0. The van der Waals surface area contributed by atoms with Gasteiger partial charge in [-0.2, -0.15) is 9.90 Å². The van der Waals surface area contributed by atoms with Crippen LogP contribution in [0.4, 0.5) is 0 Å². The summed E-state index contributed by atoms with van der Waals surface area (Å²) in [6.45, 7) is 0. The summed E-state index contributed by atoms with van der Waals surface area (Å²) < 4.78 is 0. The molecule has 4 heavy (non-hydrogen) atoms. The Morgan fingerprint density at radius 3 is 1.00 bits per heavy atom. The van der Waals surface area contributed by atoms with E-state index < -0.39 is 0 Å². The Hall–Kier alpha value is 1.49. The van der Waals surface area contributed by atoms with Crippen LogP contribution in [0.2, 0.25) is 0 Å². The van der Waals surface area contributed by atoms with Crippen LogP contribution in [0.5, 0.6) is 0 Å². The quantitative estimate of drug-likeness (QED) is 0.338. The maximum Gasteiger partial charge on any atom is 0 e. The van der Waals surface area contributed by atoms with Crippen LogP contribution in [0.25, 0.3) is 0 Å². The predicted molar refractivity (Wildman–Crippen MR) is 16.9 cm³/mol. The summed E-state index contributed by atoms with van der Waals surface area (Å²) in [4.78, 5) is 0. The zero-order chi connectivity index (χ0) is 0. The van der Waals surface area contributed by atoms with Gasteiger partial charge in [-0.25, -0.2) is 0 Å². The topological polar surface area (TPSA) is 0 Å². The van der Waals surface area contributed by atoms with Gasteiger partial charge in [-0.3, -0.25) is 0 Å². The molecule has 0 rings (SSSR count). The van der Waals surface area contributed by atoms with E-state index in [4.69, 9.17) is 0 Å². The second-order valence-corrected chi connectivity index (χ2v) is 0. The van der Waals surface area contributed by atoms with Crippen LogP contribution in [-0.4, -0.2) is 8.41 Å². The number of hydrogen-bond acceptors (Lipinski definition) is 0. The number of hydrogen-bond donors (Lipinski definition) is 0. The molecule has 0 aliphatic carbocycles. The fourth-order valence-corrected chi connectivity index (χ4v) is 0. The smallest absolute Gasteiger partial charge is 0 e. The van der Waals surface area contributed by atoms with E-state index in [0.717, 1.165) is 0 Å². The van der Waals surface area contributed by atoms with Gasteiger partial charge in [0.05, 0.1) is 0 Å². The van der Waals surface area contributed by atoms with Gasteiger partial charge < -0.3 is 0 Å². The molecule has 0 aliphatic heterocycles. The Balaban J connectivity index is 0. The number of rotatable bonds is 0. The average Bonchev–Trinajstić information content (AvgIpc) is 0. The third-order valence-corrected chi connectivity index (χ3v) is 0. The molecule has 30 valence electrons. The van der Waals surface area contributed by atoms with E-state index in [-0.39, 0.29) is 51.6 Å². The van der Waals surface area contributed by atoms with Gasteiger partial charge in [0.15, 0.2) is 0 Å². The van der Waals surface area contributed by atoms with Crippen molar-refractivity contribution < 1.29 is 33.3 Å². The van der Waals surface area contributed by atoms with E-state index in [0.29, 0.717) is 0 Å². The van der Waals surface area contributed by atoms with Crippen LogP contribution in [-0.2, 0) is 33.3 Å². The largest absolute Gasteiger partial charge is 0.153 e. The van der Waals surface area contributed by atoms with Crippen LogP contribution < -0.4 is 0 Å². The van der Waals surface area contributed by atoms with Crippen LogP contribution >= 0.6 is 9.90 Å². The van der Waals surface area contributed by atoms with E-state index in [1.54, 1.807) is 0 Å². The Kier molecular flexibility index (Phi) is 305. The normalized spacial score (nSPS) is 0. The average molecular weight is 162 g/mol. The van der Waals surface area contributed by atoms with Gasteiger partial charge in [0.1, 0.15) is 0 Å². The molecule has 0 aromatic rings. The Morgan fingerprint density at radius 1 is 1.00 bits per heavy atom. The first-order chi connectivity index (χ1) is 0. The maximum atomic E-state index is 0. The minimum Gasteiger partial charge on any atom is -0.153 e. The van der Waals surface area contributed by atoms with Crippen molar-refractivity contribution in [1.29, 1.82) is 0 Å². The minimum atomic E-state index is 0. The van der Waals surface area contributed by atoms with E-state index in [1.165, 1.54) is 0 Å². The van der Waals surface area contributed by atoms with Gasteiger partial charge in [0.25, 0.3) is 0 Å².